The monoisotopic (exact) mass is 361 g/mol. The maximum absolute atomic E-state index is 12.8. The van der Waals surface area contributed by atoms with Gasteiger partial charge >= 0.3 is 0 Å². The molecule has 0 aliphatic carbocycles. The van der Waals surface area contributed by atoms with Crippen molar-refractivity contribution in [1.82, 2.24) is 9.55 Å². The number of para-hydroxylation sites is 3. The molecule has 4 aromatic rings. The van der Waals surface area contributed by atoms with Gasteiger partial charge in [-0.25, -0.2) is 4.98 Å². The molecule has 2 aromatic carbocycles. The zero-order valence-electron chi connectivity index (χ0n) is 14.5. The molecule has 4 rings (SSSR count). The highest BCUT2D eigenvalue weighted by atomic mass is 32.1. The van der Waals surface area contributed by atoms with Crippen molar-refractivity contribution in [2.75, 3.05) is 5.32 Å². The summed E-state index contributed by atoms with van der Waals surface area (Å²) in [5, 5.41) is 5.08. The number of hydrogen-bond acceptors (Lipinski definition) is 3. The SMILES string of the molecule is CCc1ccccc1NC(=O)Cn1c(-c2cccs2)nc2ccccc21. The number of nitrogens with zero attached hydrogens (tertiary/aromatic N) is 2. The minimum Gasteiger partial charge on any atom is -0.324 e. The topological polar surface area (TPSA) is 46.9 Å². The lowest BCUT2D eigenvalue weighted by Gasteiger charge is -2.12. The number of nitrogens with one attached hydrogen (secondary N) is 1. The van der Waals surface area contributed by atoms with Crippen molar-refractivity contribution in [2.45, 2.75) is 19.9 Å². The van der Waals surface area contributed by atoms with E-state index in [2.05, 4.69) is 12.2 Å². The zero-order valence-corrected chi connectivity index (χ0v) is 15.3. The number of fused-ring (bicyclic) bond motifs is 1. The van der Waals surface area contributed by atoms with Crippen LogP contribution in [0.3, 0.4) is 0 Å². The normalized spacial score (nSPS) is 11.0. The molecule has 0 spiro atoms. The number of carbonyl (C=O) groups excluding carboxylic acids is 1. The Bertz CT molecular complexity index is 1050. The molecule has 26 heavy (non-hydrogen) atoms. The number of rotatable bonds is 5. The van der Waals surface area contributed by atoms with Gasteiger partial charge in [0.05, 0.1) is 15.9 Å². The van der Waals surface area contributed by atoms with E-state index >= 15 is 0 Å². The van der Waals surface area contributed by atoms with Crippen molar-refractivity contribution in [2.24, 2.45) is 0 Å². The Morgan fingerprint density at radius 2 is 1.88 bits per heavy atom. The molecule has 2 heterocycles. The standard InChI is InChI=1S/C21H19N3OS/c1-2-15-8-3-4-9-16(15)22-20(25)14-24-18-11-6-5-10-17(18)23-21(24)19-12-7-13-26-19/h3-13H,2,14H2,1H3,(H,22,25). The molecule has 1 N–H and O–H groups in total. The summed E-state index contributed by atoms with van der Waals surface area (Å²) in [6, 6.07) is 19.9. The van der Waals surface area contributed by atoms with Crippen LogP contribution in [0.4, 0.5) is 5.69 Å². The highest BCUT2D eigenvalue weighted by Gasteiger charge is 2.16. The van der Waals surface area contributed by atoms with E-state index in [1.165, 1.54) is 0 Å². The van der Waals surface area contributed by atoms with Crippen molar-refractivity contribution < 1.29 is 4.79 Å². The molecular formula is C21H19N3OS. The molecule has 0 fully saturated rings. The zero-order chi connectivity index (χ0) is 17.9. The second kappa shape index (κ2) is 7.14. The number of carbonyl (C=O) groups is 1. The Balaban J connectivity index is 1.68. The summed E-state index contributed by atoms with van der Waals surface area (Å²) >= 11 is 1.63. The van der Waals surface area contributed by atoms with Crippen LogP contribution in [0.25, 0.3) is 21.7 Å². The van der Waals surface area contributed by atoms with Gasteiger partial charge in [0.25, 0.3) is 0 Å². The van der Waals surface area contributed by atoms with Gasteiger partial charge in [-0.2, -0.15) is 0 Å². The van der Waals surface area contributed by atoms with Gasteiger partial charge in [0.2, 0.25) is 5.91 Å². The summed E-state index contributed by atoms with van der Waals surface area (Å²) in [6.45, 7) is 2.31. The molecule has 0 saturated heterocycles. The van der Waals surface area contributed by atoms with Crippen molar-refractivity contribution >= 4 is 34.0 Å². The first-order valence-electron chi connectivity index (χ1n) is 8.63. The molecule has 0 bridgehead atoms. The van der Waals surface area contributed by atoms with Gasteiger partial charge in [-0.3, -0.25) is 4.79 Å². The number of aryl methyl sites for hydroxylation is 1. The van der Waals surface area contributed by atoms with Crippen LogP contribution >= 0.6 is 11.3 Å². The third kappa shape index (κ3) is 3.13. The van der Waals surface area contributed by atoms with E-state index in [0.29, 0.717) is 0 Å². The number of thiophene rings is 1. The van der Waals surface area contributed by atoms with Crippen LogP contribution in [0.1, 0.15) is 12.5 Å². The Labute approximate surface area is 156 Å². The highest BCUT2D eigenvalue weighted by molar-refractivity contribution is 7.13. The van der Waals surface area contributed by atoms with Crippen LogP contribution in [0, 0.1) is 0 Å². The molecular weight excluding hydrogens is 342 g/mol. The number of anilines is 1. The first kappa shape index (κ1) is 16.5. The third-order valence-electron chi connectivity index (χ3n) is 4.37. The molecule has 0 saturated carbocycles. The number of imidazole rings is 1. The van der Waals surface area contributed by atoms with Crippen molar-refractivity contribution in [3.63, 3.8) is 0 Å². The van der Waals surface area contributed by atoms with Gasteiger partial charge < -0.3 is 9.88 Å². The Hall–Kier alpha value is -2.92. The van der Waals surface area contributed by atoms with Gasteiger partial charge in [-0.05, 0) is 41.6 Å². The van der Waals surface area contributed by atoms with E-state index in [9.17, 15) is 4.79 Å². The van der Waals surface area contributed by atoms with Crippen LogP contribution < -0.4 is 5.32 Å². The van der Waals surface area contributed by atoms with Crippen molar-refractivity contribution in [3.8, 4) is 10.7 Å². The van der Waals surface area contributed by atoms with Gasteiger partial charge in [-0.15, -0.1) is 11.3 Å². The maximum atomic E-state index is 12.8. The Morgan fingerprint density at radius 1 is 1.08 bits per heavy atom. The fraction of sp³-hybridized carbons (Fsp3) is 0.143. The predicted molar refractivity (Wildman–Crippen MR) is 107 cm³/mol. The van der Waals surface area contributed by atoms with Gasteiger partial charge in [-0.1, -0.05) is 43.3 Å². The van der Waals surface area contributed by atoms with Crippen molar-refractivity contribution in [3.05, 3.63) is 71.6 Å². The number of amides is 1. The van der Waals surface area contributed by atoms with Crippen molar-refractivity contribution in [1.29, 1.82) is 0 Å². The van der Waals surface area contributed by atoms with Gasteiger partial charge in [0, 0.05) is 5.69 Å². The molecule has 0 unspecified atom stereocenters. The lowest BCUT2D eigenvalue weighted by Crippen LogP contribution is -2.20. The smallest absolute Gasteiger partial charge is 0.244 e. The average Bonchev–Trinajstić information content (AvgIpc) is 3.30. The summed E-state index contributed by atoms with van der Waals surface area (Å²) < 4.78 is 1.99. The summed E-state index contributed by atoms with van der Waals surface area (Å²) in [6.07, 6.45) is 0.880. The van der Waals surface area contributed by atoms with Crippen LogP contribution in [0.5, 0.6) is 0 Å². The summed E-state index contributed by atoms with van der Waals surface area (Å²) in [5.74, 6) is 0.784. The maximum Gasteiger partial charge on any atom is 0.244 e. The van der Waals surface area contributed by atoms with Crippen LogP contribution in [-0.4, -0.2) is 15.5 Å². The fourth-order valence-electron chi connectivity index (χ4n) is 3.11. The molecule has 1 amide bonds. The van der Waals surface area contributed by atoms with E-state index in [4.69, 9.17) is 4.98 Å². The molecule has 2 aromatic heterocycles. The molecule has 5 heteroatoms. The van der Waals surface area contributed by atoms with Crippen LogP contribution in [0.15, 0.2) is 66.0 Å². The summed E-state index contributed by atoms with van der Waals surface area (Å²) in [4.78, 5) is 18.6. The summed E-state index contributed by atoms with van der Waals surface area (Å²) in [7, 11) is 0. The predicted octanol–water partition coefficient (Wildman–Crippen LogP) is 4.97. The van der Waals surface area contributed by atoms with Gasteiger partial charge in [0.15, 0.2) is 5.82 Å². The highest BCUT2D eigenvalue weighted by Crippen LogP contribution is 2.28. The molecule has 130 valence electrons. The quantitative estimate of drug-likeness (QED) is 0.546. The third-order valence-corrected chi connectivity index (χ3v) is 5.24. The van der Waals surface area contributed by atoms with E-state index < -0.39 is 0 Å². The number of aromatic nitrogens is 2. The van der Waals surface area contributed by atoms with E-state index in [1.54, 1.807) is 11.3 Å². The molecule has 0 radical (unpaired) electrons. The fourth-order valence-corrected chi connectivity index (χ4v) is 3.84. The number of hydrogen-bond donors (Lipinski definition) is 1. The minimum atomic E-state index is -0.0492. The second-order valence-electron chi connectivity index (χ2n) is 6.05. The molecule has 4 nitrogen and oxygen atoms in total. The van der Waals surface area contributed by atoms with Gasteiger partial charge in [0.1, 0.15) is 6.54 Å². The first-order chi connectivity index (χ1) is 12.8. The largest absolute Gasteiger partial charge is 0.324 e. The van der Waals surface area contributed by atoms with Crippen LogP contribution in [-0.2, 0) is 17.8 Å². The summed E-state index contributed by atoms with van der Waals surface area (Å²) in [5.41, 5.74) is 3.88. The number of benzene rings is 2. The lowest BCUT2D eigenvalue weighted by molar-refractivity contribution is -0.116. The van der Waals surface area contributed by atoms with E-state index in [-0.39, 0.29) is 12.5 Å². The molecule has 0 atom stereocenters. The lowest BCUT2D eigenvalue weighted by atomic mass is 10.1. The van der Waals surface area contributed by atoms with E-state index in [1.807, 2.05) is 70.6 Å². The minimum absolute atomic E-state index is 0.0492. The molecule has 0 aliphatic heterocycles. The Morgan fingerprint density at radius 3 is 2.69 bits per heavy atom. The van der Waals surface area contributed by atoms with E-state index in [0.717, 1.165) is 39.4 Å². The van der Waals surface area contributed by atoms with Crippen LogP contribution in [0.2, 0.25) is 0 Å². The molecule has 0 aliphatic rings. The Kier molecular flexibility index (Phi) is 4.54. The average molecular weight is 361 g/mol. The first-order valence-corrected chi connectivity index (χ1v) is 9.51. The second-order valence-corrected chi connectivity index (χ2v) is 6.99.